The number of nitro benzene ring substituents is 1. The van der Waals surface area contributed by atoms with E-state index in [1.165, 1.54) is 35.3 Å². The predicted octanol–water partition coefficient (Wildman–Crippen LogP) is 2.54. The van der Waals surface area contributed by atoms with Crippen LogP contribution in [-0.4, -0.2) is 37.5 Å². The highest BCUT2D eigenvalue weighted by atomic mass is 16.6. The van der Waals surface area contributed by atoms with Crippen LogP contribution in [0, 0.1) is 16.0 Å². The molecule has 0 radical (unpaired) electrons. The Bertz CT molecular complexity index is 849. The quantitative estimate of drug-likeness (QED) is 0.472. The SMILES string of the molecule is O=C(N[C@H]1CCCCC[C@H]1C(=O)O)c1ccc(-n2ccnc2)c([N+](=O)[O-])c1. The second-order valence-electron chi connectivity index (χ2n) is 6.59. The number of nitrogens with one attached hydrogen (secondary N) is 1. The number of nitro groups is 1. The van der Waals surface area contributed by atoms with E-state index in [0.717, 1.165) is 19.3 Å². The fourth-order valence-electron chi connectivity index (χ4n) is 3.46. The third-order valence-corrected chi connectivity index (χ3v) is 4.87. The van der Waals surface area contributed by atoms with E-state index in [-0.39, 0.29) is 11.3 Å². The first-order valence-electron chi connectivity index (χ1n) is 8.78. The predicted molar refractivity (Wildman–Crippen MR) is 95.7 cm³/mol. The molecule has 2 N–H and O–H groups in total. The van der Waals surface area contributed by atoms with Crippen LogP contribution in [0.15, 0.2) is 36.9 Å². The van der Waals surface area contributed by atoms with Gasteiger partial charge in [0.05, 0.1) is 17.2 Å². The topological polar surface area (TPSA) is 127 Å². The molecule has 1 aliphatic rings. The Hall–Kier alpha value is -3.23. The lowest BCUT2D eigenvalue weighted by Crippen LogP contribution is -2.42. The summed E-state index contributed by atoms with van der Waals surface area (Å²) in [5.74, 6) is -2.08. The first-order valence-corrected chi connectivity index (χ1v) is 8.78. The summed E-state index contributed by atoms with van der Waals surface area (Å²) in [6.07, 6.45) is 8.20. The van der Waals surface area contributed by atoms with Gasteiger partial charge in [0.15, 0.2) is 0 Å². The maximum absolute atomic E-state index is 12.6. The number of aliphatic carboxylic acids is 1. The van der Waals surface area contributed by atoms with Gasteiger partial charge in [0.25, 0.3) is 11.6 Å². The van der Waals surface area contributed by atoms with E-state index in [1.807, 2.05) is 0 Å². The minimum Gasteiger partial charge on any atom is -0.481 e. The van der Waals surface area contributed by atoms with Crippen LogP contribution in [0.5, 0.6) is 0 Å². The second kappa shape index (κ2) is 7.98. The van der Waals surface area contributed by atoms with Crippen molar-refractivity contribution in [3.8, 4) is 5.69 Å². The van der Waals surface area contributed by atoms with Gasteiger partial charge in [0.2, 0.25) is 0 Å². The highest BCUT2D eigenvalue weighted by Gasteiger charge is 2.31. The summed E-state index contributed by atoms with van der Waals surface area (Å²) >= 11 is 0. The number of amides is 1. The molecular weight excluding hydrogens is 352 g/mol. The number of rotatable bonds is 5. The van der Waals surface area contributed by atoms with Crippen LogP contribution in [0.2, 0.25) is 0 Å². The van der Waals surface area contributed by atoms with Crippen LogP contribution in [0.4, 0.5) is 5.69 Å². The van der Waals surface area contributed by atoms with Gasteiger partial charge < -0.3 is 15.0 Å². The summed E-state index contributed by atoms with van der Waals surface area (Å²) in [5, 5.41) is 23.6. The van der Waals surface area contributed by atoms with E-state index >= 15 is 0 Å². The Labute approximate surface area is 155 Å². The number of nitrogens with zero attached hydrogens (tertiary/aromatic N) is 3. The van der Waals surface area contributed by atoms with Crippen LogP contribution >= 0.6 is 0 Å². The summed E-state index contributed by atoms with van der Waals surface area (Å²) < 4.78 is 1.49. The third-order valence-electron chi connectivity index (χ3n) is 4.87. The summed E-state index contributed by atoms with van der Waals surface area (Å²) in [4.78, 5) is 38.9. The zero-order valence-corrected chi connectivity index (χ0v) is 14.6. The molecule has 27 heavy (non-hydrogen) atoms. The maximum atomic E-state index is 12.6. The van der Waals surface area contributed by atoms with Crippen molar-refractivity contribution in [3.05, 3.63) is 52.6 Å². The Balaban J connectivity index is 1.85. The largest absolute Gasteiger partial charge is 0.481 e. The molecular formula is C18H20N4O5. The van der Waals surface area contributed by atoms with Gasteiger partial charge in [-0.05, 0) is 25.0 Å². The van der Waals surface area contributed by atoms with Gasteiger partial charge in [-0.25, -0.2) is 4.98 Å². The van der Waals surface area contributed by atoms with E-state index in [4.69, 9.17) is 0 Å². The number of benzene rings is 1. The molecule has 0 saturated heterocycles. The molecule has 1 saturated carbocycles. The van der Waals surface area contributed by atoms with E-state index < -0.39 is 28.8 Å². The molecule has 1 aromatic heterocycles. The number of aromatic nitrogens is 2. The number of imidazole rings is 1. The van der Waals surface area contributed by atoms with Gasteiger partial charge in [-0.1, -0.05) is 19.3 Å². The lowest BCUT2D eigenvalue weighted by atomic mass is 9.94. The second-order valence-corrected chi connectivity index (χ2v) is 6.59. The first kappa shape index (κ1) is 18.6. The third kappa shape index (κ3) is 4.13. The Morgan fingerprint density at radius 2 is 2.04 bits per heavy atom. The molecule has 1 aliphatic carbocycles. The molecule has 9 nitrogen and oxygen atoms in total. The summed E-state index contributed by atoms with van der Waals surface area (Å²) in [7, 11) is 0. The molecule has 0 aliphatic heterocycles. The van der Waals surface area contributed by atoms with Crippen molar-refractivity contribution in [1.82, 2.24) is 14.9 Å². The van der Waals surface area contributed by atoms with E-state index in [1.54, 1.807) is 6.20 Å². The van der Waals surface area contributed by atoms with Crippen LogP contribution in [0.25, 0.3) is 5.69 Å². The number of hydrogen-bond donors (Lipinski definition) is 2. The van der Waals surface area contributed by atoms with Crippen molar-refractivity contribution in [1.29, 1.82) is 0 Å². The van der Waals surface area contributed by atoms with Gasteiger partial charge in [-0.3, -0.25) is 19.7 Å². The van der Waals surface area contributed by atoms with Crippen molar-refractivity contribution >= 4 is 17.6 Å². The number of carboxylic acids is 1. The zero-order chi connectivity index (χ0) is 19.4. The highest BCUT2D eigenvalue weighted by Crippen LogP contribution is 2.26. The Morgan fingerprint density at radius 3 is 2.70 bits per heavy atom. The lowest BCUT2D eigenvalue weighted by molar-refractivity contribution is -0.384. The molecule has 0 unspecified atom stereocenters. The van der Waals surface area contributed by atoms with Crippen LogP contribution in [0.1, 0.15) is 42.5 Å². The van der Waals surface area contributed by atoms with Crippen LogP contribution < -0.4 is 5.32 Å². The van der Waals surface area contributed by atoms with E-state index in [0.29, 0.717) is 18.5 Å². The van der Waals surface area contributed by atoms with Gasteiger partial charge in [-0.2, -0.15) is 0 Å². The Kier molecular flexibility index (Phi) is 5.49. The molecule has 1 heterocycles. The van der Waals surface area contributed by atoms with Gasteiger partial charge >= 0.3 is 5.97 Å². The molecule has 142 valence electrons. The summed E-state index contributed by atoms with van der Waals surface area (Å²) in [6, 6.07) is 3.70. The molecule has 3 rings (SSSR count). The van der Waals surface area contributed by atoms with Gasteiger partial charge in [0, 0.05) is 30.1 Å². The molecule has 1 amide bonds. The number of hydrogen-bond acceptors (Lipinski definition) is 5. The summed E-state index contributed by atoms with van der Waals surface area (Å²) in [5.41, 5.74) is 0.196. The minimum atomic E-state index is -0.927. The zero-order valence-electron chi connectivity index (χ0n) is 14.6. The molecule has 2 atom stereocenters. The number of carbonyl (C=O) groups excluding carboxylic acids is 1. The molecule has 9 heteroatoms. The molecule has 2 aromatic rings. The average Bonchev–Trinajstić information content (AvgIpc) is 3.07. The van der Waals surface area contributed by atoms with Crippen LogP contribution in [-0.2, 0) is 4.79 Å². The standard InChI is InChI=1S/C18H20N4O5/c23-17(20-14-5-3-1-2-4-13(14)18(24)25)12-6-7-15(16(10-12)22(26)27)21-9-8-19-11-21/h6-11,13-14H,1-5H2,(H,20,23)(H,24,25)/t13-,14+/m1/s1. The van der Waals surface area contributed by atoms with Crippen molar-refractivity contribution in [3.63, 3.8) is 0 Å². The lowest BCUT2D eigenvalue weighted by Gasteiger charge is -2.23. The first-order chi connectivity index (χ1) is 13.0. The van der Waals surface area contributed by atoms with E-state index in [9.17, 15) is 24.8 Å². The van der Waals surface area contributed by atoms with Gasteiger partial charge in [0.1, 0.15) is 5.69 Å². The smallest absolute Gasteiger partial charge is 0.308 e. The fraction of sp³-hybridized carbons (Fsp3) is 0.389. The monoisotopic (exact) mass is 372 g/mol. The molecule has 1 fully saturated rings. The minimum absolute atomic E-state index is 0.124. The van der Waals surface area contributed by atoms with E-state index in [2.05, 4.69) is 10.3 Å². The van der Waals surface area contributed by atoms with Gasteiger partial charge in [-0.15, -0.1) is 0 Å². The maximum Gasteiger partial charge on any atom is 0.308 e. The van der Waals surface area contributed by atoms with Crippen molar-refractivity contribution < 1.29 is 19.6 Å². The average molecular weight is 372 g/mol. The van der Waals surface area contributed by atoms with Crippen LogP contribution in [0.3, 0.4) is 0 Å². The molecule has 1 aromatic carbocycles. The number of carbonyl (C=O) groups is 2. The normalized spacial score (nSPS) is 19.9. The molecule has 0 bridgehead atoms. The molecule has 0 spiro atoms. The van der Waals surface area contributed by atoms with Crippen molar-refractivity contribution in [2.75, 3.05) is 0 Å². The Morgan fingerprint density at radius 1 is 1.26 bits per heavy atom. The summed E-state index contributed by atoms with van der Waals surface area (Å²) in [6.45, 7) is 0. The van der Waals surface area contributed by atoms with Crippen molar-refractivity contribution in [2.45, 2.75) is 38.1 Å². The number of carboxylic acid groups (broad SMARTS) is 1. The highest BCUT2D eigenvalue weighted by molar-refractivity contribution is 5.95. The van der Waals surface area contributed by atoms with Crippen molar-refractivity contribution in [2.24, 2.45) is 5.92 Å². The fourth-order valence-corrected chi connectivity index (χ4v) is 3.46.